The van der Waals surface area contributed by atoms with E-state index in [9.17, 15) is 40.9 Å². The van der Waals surface area contributed by atoms with Gasteiger partial charge in [0.25, 0.3) is 0 Å². The molecule has 2 fully saturated rings. The summed E-state index contributed by atoms with van der Waals surface area (Å²) in [4.78, 5) is 0. The molecule has 2 aliphatic rings. The zero-order chi connectivity index (χ0) is 28.7. The van der Waals surface area contributed by atoms with Crippen LogP contribution in [-0.2, 0) is 15.9 Å². The number of ether oxygens (including phenoxy) is 5. The van der Waals surface area contributed by atoms with Crippen LogP contribution in [0.3, 0.4) is 0 Å². The lowest BCUT2D eigenvalue weighted by Gasteiger charge is -2.40. The third kappa shape index (κ3) is 7.50. The van der Waals surface area contributed by atoms with Gasteiger partial charge in [-0.1, -0.05) is 32.6 Å². The first-order chi connectivity index (χ1) is 18.7. The molecule has 0 amide bonds. The fraction of sp³-hybridized carbons (Fsp3) is 0.769. The van der Waals surface area contributed by atoms with E-state index in [0.29, 0.717) is 12.0 Å². The molecule has 0 saturated carbocycles. The average Bonchev–Trinajstić information content (AvgIpc) is 2.94. The summed E-state index contributed by atoms with van der Waals surface area (Å²) in [5, 5.41) is 80.3. The molecule has 224 valence electrons. The minimum absolute atomic E-state index is 0.151. The van der Waals surface area contributed by atoms with Gasteiger partial charge in [0.1, 0.15) is 54.6 Å². The van der Waals surface area contributed by atoms with Gasteiger partial charge in [-0.05, 0) is 18.9 Å². The van der Waals surface area contributed by atoms with Crippen LogP contribution in [0.1, 0.15) is 44.6 Å². The van der Waals surface area contributed by atoms with Gasteiger partial charge >= 0.3 is 0 Å². The molecular weight excluding hydrogens is 520 g/mol. The number of aryl methyl sites for hydroxylation is 1. The van der Waals surface area contributed by atoms with Crippen LogP contribution >= 0.6 is 0 Å². The van der Waals surface area contributed by atoms with Gasteiger partial charge < -0.3 is 64.5 Å². The van der Waals surface area contributed by atoms with Crippen LogP contribution in [0.15, 0.2) is 12.1 Å². The molecule has 13 nitrogen and oxygen atoms in total. The van der Waals surface area contributed by atoms with Crippen LogP contribution < -0.4 is 14.2 Å². The summed E-state index contributed by atoms with van der Waals surface area (Å²) >= 11 is 0. The number of aliphatic hydroxyl groups excluding tert-OH is 8. The van der Waals surface area contributed by atoms with E-state index in [1.54, 1.807) is 6.07 Å². The maximum absolute atomic E-state index is 10.5. The van der Waals surface area contributed by atoms with Gasteiger partial charge in [-0.3, -0.25) is 0 Å². The number of aliphatic hydroxyl groups is 8. The van der Waals surface area contributed by atoms with Crippen molar-refractivity contribution in [3.63, 3.8) is 0 Å². The number of hydrogen-bond donors (Lipinski definition) is 8. The third-order valence-electron chi connectivity index (χ3n) is 7.06. The molecule has 0 aromatic heterocycles. The molecule has 39 heavy (non-hydrogen) atoms. The van der Waals surface area contributed by atoms with Crippen molar-refractivity contribution < 1.29 is 64.5 Å². The van der Waals surface area contributed by atoms with Crippen molar-refractivity contribution in [1.82, 2.24) is 0 Å². The Balaban J connectivity index is 1.89. The highest BCUT2D eigenvalue weighted by atomic mass is 16.7. The molecule has 0 unspecified atom stereocenters. The number of methoxy groups -OCH3 is 1. The third-order valence-corrected chi connectivity index (χ3v) is 7.06. The molecule has 10 atom stereocenters. The largest absolute Gasteiger partial charge is 0.493 e. The van der Waals surface area contributed by atoms with E-state index in [4.69, 9.17) is 23.7 Å². The summed E-state index contributed by atoms with van der Waals surface area (Å²) in [6.07, 6.45) is -9.38. The van der Waals surface area contributed by atoms with Gasteiger partial charge in [0.15, 0.2) is 11.5 Å². The Hall–Kier alpha value is -1.78. The van der Waals surface area contributed by atoms with Gasteiger partial charge in [0.05, 0.1) is 20.3 Å². The smallest absolute Gasteiger partial charge is 0.229 e. The maximum Gasteiger partial charge on any atom is 0.229 e. The molecule has 1 aromatic rings. The average molecular weight is 563 g/mol. The van der Waals surface area contributed by atoms with Crippen LogP contribution in [0, 0.1) is 0 Å². The van der Waals surface area contributed by atoms with Crippen molar-refractivity contribution in [1.29, 1.82) is 0 Å². The van der Waals surface area contributed by atoms with E-state index in [-0.39, 0.29) is 17.2 Å². The predicted molar refractivity (Wildman–Crippen MR) is 134 cm³/mol. The minimum atomic E-state index is -1.63. The summed E-state index contributed by atoms with van der Waals surface area (Å²) in [6.45, 7) is 0.887. The molecule has 2 heterocycles. The quantitative estimate of drug-likeness (QED) is 0.130. The van der Waals surface area contributed by atoms with E-state index in [1.807, 2.05) is 0 Å². The Kier molecular flexibility index (Phi) is 12.0. The van der Waals surface area contributed by atoms with E-state index in [2.05, 4.69) is 6.92 Å². The first kappa shape index (κ1) is 31.7. The summed E-state index contributed by atoms with van der Waals surface area (Å²) in [7, 11) is 1.37. The first-order valence-corrected chi connectivity index (χ1v) is 13.3. The predicted octanol–water partition coefficient (Wildman–Crippen LogP) is -1.43. The standard InChI is InChI=1S/C26H42O13/c1-3-4-5-6-7-8-13-9-14(36-25-22(33)20(31)18(29)16(11-27)37-25)10-15(35-2)24(13)39-26-23(34)21(32)19(30)17(12-28)38-26/h9-10,16-23,25-34H,3-8,11-12H2,1-2H3/t16-,17-,18-,19-,20+,21+,22-,23-,25-,26+/m1/s1. The first-order valence-electron chi connectivity index (χ1n) is 13.3. The van der Waals surface area contributed by atoms with Crippen molar-refractivity contribution in [2.45, 2.75) is 107 Å². The highest BCUT2D eigenvalue weighted by molar-refractivity contribution is 5.52. The Labute approximate surface area is 227 Å². The monoisotopic (exact) mass is 562 g/mol. The van der Waals surface area contributed by atoms with Crippen LogP contribution in [0.25, 0.3) is 0 Å². The number of rotatable bonds is 13. The highest BCUT2D eigenvalue weighted by Gasteiger charge is 2.46. The Morgan fingerprint density at radius 3 is 1.74 bits per heavy atom. The van der Waals surface area contributed by atoms with E-state index in [1.165, 1.54) is 13.2 Å². The molecule has 0 radical (unpaired) electrons. The van der Waals surface area contributed by atoms with Crippen molar-refractivity contribution >= 4 is 0 Å². The molecular formula is C26H42O13. The second-order valence-electron chi connectivity index (χ2n) is 9.91. The second-order valence-corrected chi connectivity index (χ2v) is 9.91. The maximum atomic E-state index is 10.5. The van der Waals surface area contributed by atoms with Crippen LogP contribution in [0.5, 0.6) is 17.2 Å². The fourth-order valence-corrected chi connectivity index (χ4v) is 4.67. The SMILES string of the molecule is CCCCCCCc1cc(O[C@@H]2O[C@H](CO)[C@@H](O)[C@H](O)[C@H]2O)cc(OC)c1O[C@@H]1O[C@H](CO)[C@@H](O)[C@H](O)[C@H]1O. The zero-order valence-electron chi connectivity index (χ0n) is 22.2. The molecule has 2 aliphatic heterocycles. The van der Waals surface area contributed by atoms with E-state index >= 15 is 0 Å². The van der Waals surface area contributed by atoms with Gasteiger partial charge in [0.2, 0.25) is 12.6 Å². The molecule has 8 N–H and O–H groups in total. The Bertz CT molecular complexity index is 882. The molecule has 0 bridgehead atoms. The highest BCUT2D eigenvalue weighted by Crippen LogP contribution is 2.40. The molecule has 1 aromatic carbocycles. The van der Waals surface area contributed by atoms with Gasteiger partial charge in [-0.15, -0.1) is 0 Å². The molecule has 0 spiro atoms. The normalized spacial score (nSPS) is 35.0. The van der Waals surface area contributed by atoms with Crippen LogP contribution in [0.2, 0.25) is 0 Å². The molecule has 0 aliphatic carbocycles. The molecule has 3 rings (SSSR count). The summed E-state index contributed by atoms with van der Waals surface area (Å²) in [5.41, 5.74) is 0.572. The summed E-state index contributed by atoms with van der Waals surface area (Å²) in [6, 6.07) is 3.02. The van der Waals surface area contributed by atoms with Crippen molar-refractivity contribution in [2.75, 3.05) is 20.3 Å². The van der Waals surface area contributed by atoms with Crippen molar-refractivity contribution in [2.24, 2.45) is 0 Å². The molecule has 13 heteroatoms. The minimum Gasteiger partial charge on any atom is -0.493 e. The topological polar surface area (TPSA) is 208 Å². The van der Waals surface area contributed by atoms with Gasteiger partial charge in [-0.2, -0.15) is 0 Å². The number of hydrogen-bond acceptors (Lipinski definition) is 13. The van der Waals surface area contributed by atoms with Crippen molar-refractivity contribution in [3.05, 3.63) is 17.7 Å². The second kappa shape index (κ2) is 14.7. The van der Waals surface area contributed by atoms with Crippen molar-refractivity contribution in [3.8, 4) is 17.2 Å². The summed E-state index contributed by atoms with van der Waals surface area (Å²) in [5.74, 6) is 0.497. The van der Waals surface area contributed by atoms with Gasteiger partial charge in [-0.25, -0.2) is 0 Å². The zero-order valence-corrected chi connectivity index (χ0v) is 22.2. The number of unbranched alkanes of at least 4 members (excludes halogenated alkanes) is 4. The Morgan fingerprint density at radius 2 is 1.23 bits per heavy atom. The van der Waals surface area contributed by atoms with Gasteiger partial charge in [0, 0.05) is 11.6 Å². The molecule has 2 saturated heterocycles. The number of benzene rings is 1. The Morgan fingerprint density at radius 1 is 0.692 bits per heavy atom. The van der Waals surface area contributed by atoms with Crippen LogP contribution in [-0.4, -0.2) is 123 Å². The van der Waals surface area contributed by atoms with Crippen LogP contribution in [0.4, 0.5) is 0 Å². The lowest BCUT2D eigenvalue weighted by atomic mass is 9.99. The lowest BCUT2D eigenvalue weighted by Crippen LogP contribution is -2.60. The lowest BCUT2D eigenvalue weighted by molar-refractivity contribution is -0.278. The van der Waals surface area contributed by atoms with E-state index in [0.717, 1.165) is 32.1 Å². The fourth-order valence-electron chi connectivity index (χ4n) is 4.67. The van der Waals surface area contributed by atoms with E-state index < -0.39 is 74.6 Å². The summed E-state index contributed by atoms with van der Waals surface area (Å²) < 4.78 is 28.2.